The van der Waals surface area contributed by atoms with Crippen LogP contribution in [-0.4, -0.2) is 59.5 Å². The third kappa shape index (κ3) is 5.89. The molecule has 0 aliphatic heterocycles. The van der Waals surface area contributed by atoms with Crippen LogP contribution in [0.15, 0.2) is 97.1 Å². The van der Waals surface area contributed by atoms with Gasteiger partial charge in [-0.1, -0.05) is 78.9 Å². The zero-order chi connectivity index (χ0) is 30.4. The molecule has 214 valence electrons. The van der Waals surface area contributed by atoms with Crippen molar-refractivity contribution < 1.29 is 24.3 Å². The first-order chi connectivity index (χ1) is 20.1. The van der Waals surface area contributed by atoms with E-state index in [1.165, 1.54) is 24.1 Å². The monoisotopic (exact) mass is 565 g/mol. The van der Waals surface area contributed by atoms with Gasteiger partial charge in [-0.15, -0.1) is 0 Å². The van der Waals surface area contributed by atoms with Crippen molar-refractivity contribution in [2.24, 2.45) is 11.5 Å². The molecule has 10 nitrogen and oxygen atoms in total. The summed E-state index contributed by atoms with van der Waals surface area (Å²) >= 11 is 0. The molecule has 6 N–H and O–H groups in total. The van der Waals surface area contributed by atoms with Crippen molar-refractivity contribution in [3.8, 4) is 0 Å². The van der Waals surface area contributed by atoms with Gasteiger partial charge in [-0.05, 0) is 34.5 Å². The lowest BCUT2D eigenvalue weighted by molar-refractivity contribution is -0.146. The highest BCUT2D eigenvalue weighted by Gasteiger charge is 2.51. The van der Waals surface area contributed by atoms with E-state index in [1.807, 2.05) is 24.3 Å². The lowest BCUT2D eigenvalue weighted by Gasteiger charge is -2.44. The van der Waals surface area contributed by atoms with Crippen LogP contribution in [-0.2, 0) is 19.9 Å². The predicted molar refractivity (Wildman–Crippen MR) is 160 cm³/mol. The van der Waals surface area contributed by atoms with Gasteiger partial charge >= 0.3 is 5.97 Å². The van der Waals surface area contributed by atoms with Crippen LogP contribution in [0.25, 0.3) is 10.8 Å². The van der Waals surface area contributed by atoms with E-state index in [4.69, 9.17) is 16.9 Å². The van der Waals surface area contributed by atoms with Crippen LogP contribution in [0.4, 0.5) is 5.69 Å². The van der Waals surface area contributed by atoms with Crippen molar-refractivity contribution >= 4 is 45.9 Å². The number of nitrogens with two attached hydrogens (primary N) is 2. The molecule has 0 fully saturated rings. The Labute approximate surface area is 242 Å². The SMILES string of the molecule is CN(CC(=O)O)C(=O)[C@@](CC(=O)c1cccc(C(=N)N)c1)(c1ccccc1)N(C(=O)CN)c1ccc2ccccc2c1. The number of nitrogens with one attached hydrogen (secondary N) is 1. The molecule has 42 heavy (non-hydrogen) atoms. The van der Waals surface area contributed by atoms with E-state index in [9.17, 15) is 24.3 Å². The summed E-state index contributed by atoms with van der Waals surface area (Å²) in [5, 5.41) is 19.0. The average molecular weight is 566 g/mol. The van der Waals surface area contributed by atoms with E-state index in [0.29, 0.717) is 16.8 Å². The minimum absolute atomic E-state index is 0.162. The molecule has 2 amide bonds. The maximum absolute atomic E-state index is 14.6. The fraction of sp³-hybridized carbons (Fsp3) is 0.156. The molecule has 0 bridgehead atoms. The Morgan fingerprint density at radius 1 is 0.833 bits per heavy atom. The highest BCUT2D eigenvalue weighted by molar-refractivity contribution is 6.10. The number of nitrogen functional groups attached to an aromatic ring is 1. The summed E-state index contributed by atoms with van der Waals surface area (Å²) in [7, 11) is 1.31. The van der Waals surface area contributed by atoms with Gasteiger partial charge in [-0.3, -0.25) is 29.5 Å². The summed E-state index contributed by atoms with van der Waals surface area (Å²) < 4.78 is 0. The van der Waals surface area contributed by atoms with Gasteiger partial charge in [0.2, 0.25) is 5.91 Å². The Kier molecular flexibility index (Phi) is 8.78. The number of hydrogen-bond donors (Lipinski definition) is 4. The minimum atomic E-state index is -2.03. The molecule has 0 aliphatic rings. The molecule has 1 atom stereocenters. The number of amidine groups is 1. The molecule has 10 heteroatoms. The van der Waals surface area contributed by atoms with Crippen molar-refractivity contribution in [1.82, 2.24) is 4.90 Å². The van der Waals surface area contributed by atoms with Crippen LogP contribution < -0.4 is 16.4 Å². The number of benzene rings is 4. The summed E-state index contributed by atoms with van der Waals surface area (Å²) in [5.41, 5.74) is 10.6. The molecule has 0 aliphatic carbocycles. The zero-order valence-corrected chi connectivity index (χ0v) is 23.0. The highest BCUT2D eigenvalue weighted by Crippen LogP contribution is 2.40. The third-order valence-electron chi connectivity index (χ3n) is 7.03. The number of hydrogen-bond acceptors (Lipinski definition) is 6. The van der Waals surface area contributed by atoms with E-state index in [1.54, 1.807) is 60.7 Å². The van der Waals surface area contributed by atoms with Gasteiger partial charge in [0.05, 0.1) is 6.54 Å². The average Bonchev–Trinajstić information content (AvgIpc) is 3.00. The molecule has 0 radical (unpaired) electrons. The number of likely N-dealkylation sites (N-methyl/N-ethyl adjacent to an activating group) is 1. The zero-order valence-electron chi connectivity index (χ0n) is 23.0. The van der Waals surface area contributed by atoms with Gasteiger partial charge in [0, 0.05) is 30.3 Å². The van der Waals surface area contributed by atoms with E-state index >= 15 is 0 Å². The van der Waals surface area contributed by atoms with Crippen LogP contribution in [0.3, 0.4) is 0 Å². The number of rotatable bonds is 11. The normalized spacial score (nSPS) is 12.2. The Morgan fingerprint density at radius 3 is 2.12 bits per heavy atom. The van der Waals surface area contributed by atoms with Crippen molar-refractivity contribution in [3.05, 3.63) is 114 Å². The predicted octanol–water partition coefficient (Wildman–Crippen LogP) is 3.13. The van der Waals surface area contributed by atoms with Gasteiger partial charge in [0.25, 0.3) is 5.91 Å². The number of anilines is 1. The first kappa shape index (κ1) is 29.6. The van der Waals surface area contributed by atoms with E-state index in [2.05, 4.69) is 0 Å². The Balaban J connectivity index is 2.03. The molecule has 0 saturated carbocycles. The fourth-order valence-corrected chi connectivity index (χ4v) is 5.09. The molecule has 4 aromatic carbocycles. The molecule has 0 unspecified atom stereocenters. The fourth-order valence-electron chi connectivity index (χ4n) is 5.09. The maximum atomic E-state index is 14.6. The first-order valence-electron chi connectivity index (χ1n) is 13.1. The second kappa shape index (κ2) is 12.4. The van der Waals surface area contributed by atoms with Crippen molar-refractivity contribution in [3.63, 3.8) is 0 Å². The number of amides is 2. The smallest absolute Gasteiger partial charge is 0.323 e. The number of carbonyl (C=O) groups excluding carboxylic acids is 3. The van der Waals surface area contributed by atoms with Crippen LogP contribution in [0, 0.1) is 5.41 Å². The molecule has 0 heterocycles. The summed E-state index contributed by atoms with van der Waals surface area (Å²) in [5.74, 6) is -3.49. The lowest BCUT2D eigenvalue weighted by Crippen LogP contribution is -2.61. The van der Waals surface area contributed by atoms with E-state index < -0.39 is 48.6 Å². The molecule has 0 saturated heterocycles. The number of ketones is 1. The first-order valence-corrected chi connectivity index (χ1v) is 13.1. The number of aliphatic carboxylic acids is 1. The van der Waals surface area contributed by atoms with Gasteiger partial charge in [-0.25, -0.2) is 0 Å². The number of carbonyl (C=O) groups is 4. The van der Waals surface area contributed by atoms with Gasteiger partial charge in [0.1, 0.15) is 12.4 Å². The number of carboxylic acid groups (broad SMARTS) is 1. The quantitative estimate of drug-likeness (QED) is 0.123. The maximum Gasteiger partial charge on any atom is 0.323 e. The molecule has 4 rings (SSSR count). The number of carboxylic acids is 1. The van der Waals surface area contributed by atoms with Gasteiger partial charge in [-0.2, -0.15) is 0 Å². The molecule has 0 spiro atoms. The van der Waals surface area contributed by atoms with E-state index in [-0.39, 0.29) is 11.4 Å². The lowest BCUT2D eigenvalue weighted by atomic mass is 9.79. The van der Waals surface area contributed by atoms with Crippen LogP contribution in [0.2, 0.25) is 0 Å². The van der Waals surface area contributed by atoms with Crippen molar-refractivity contribution in [2.45, 2.75) is 12.0 Å². The summed E-state index contributed by atoms with van der Waals surface area (Å²) in [4.78, 5) is 56.3. The van der Waals surface area contributed by atoms with E-state index in [0.717, 1.165) is 15.7 Å². The molecular formula is C32H31N5O5. The van der Waals surface area contributed by atoms with Crippen molar-refractivity contribution in [2.75, 3.05) is 25.0 Å². The number of fused-ring (bicyclic) bond motifs is 1. The number of Topliss-reactive ketones (excluding diaryl/α,β-unsaturated/α-hetero) is 1. The molecule has 0 aromatic heterocycles. The van der Waals surface area contributed by atoms with Crippen LogP contribution in [0.5, 0.6) is 0 Å². The Morgan fingerprint density at radius 2 is 1.48 bits per heavy atom. The largest absolute Gasteiger partial charge is 0.480 e. The minimum Gasteiger partial charge on any atom is -0.480 e. The van der Waals surface area contributed by atoms with Crippen LogP contribution >= 0.6 is 0 Å². The second-order valence-corrected chi connectivity index (χ2v) is 9.84. The Hall–Kier alpha value is -5.35. The summed E-state index contributed by atoms with van der Waals surface area (Å²) in [6.45, 7) is -1.17. The third-order valence-corrected chi connectivity index (χ3v) is 7.03. The summed E-state index contributed by atoms with van der Waals surface area (Å²) in [6.07, 6.45) is -0.556. The second-order valence-electron chi connectivity index (χ2n) is 9.84. The number of nitrogens with zero attached hydrogens (tertiary/aromatic N) is 2. The van der Waals surface area contributed by atoms with Gasteiger partial charge < -0.3 is 21.5 Å². The summed E-state index contributed by atoms with van der Waals surface area (Å²) in [6, 6.07) is 27.1. The Bertz CT molecular complexity index is 1670. The molecular weight excluding hydrogens is 534 g/mol. The highest BCUT2D eigenvalue weighted by atomic mass is 16.4. The van der Waals surface area contributed by atoms with Crippen molar-refractivity contribution in [1.29, 1.82) is 5.41 Å². The standard InChI is InChI=1S/C32H31N5O5/c1-36(20-29(40)41)31(42)32(25-12-3-2-4-13-25,18-27(38)23-10-7-11-24(16-23)30(34)35)37(28(39)19-33)26-15-14-21-8-5-6-9-22(21)17-26/h2-17H,18-20,33H2,1H3,(H3,34,35)(H,40,41)/t32-/m1/s1. The van der Waals surface area contributed by atoms with Crippen LogP contribution in [0.1, 0.15) is 27.9 Å². The van der Waals surface area contributed by atoms with Gasteiger partial charge in [0.15, 0.2) is 11.3 Å². The topological polar surface area (TPSA) is 171 Å². The molecule has 4 aromatic rings.